The zero-order valence-corrected chi connectivity index (χ0v) is 10.7. The molecule has 0 aliphatic carbocycles. The zero-order valence-electron chi connectivity index (χ0n) is 10.7. The van der Waals surface area contributed by atoms with Gasteiger partial charge < -0.3 is 5.32 Å². The molecule has 1 N–H and O–H groups in total. The summed E-state index contributed by atoms with van der Waals surface area (Å²) in [5.74, 6) is 0. The van der Waals surface area contributed by atoms with E-state index in [4.69, 9.17) is 0 Å². The van der Waals surface area contributed by atoms with Crippen LogP contribution in [0.5, 0.6) is 0 Å². The summed E-state index contributed by atoms with van der Waals surface area (Å²) in [4.78, 5) is 20.4. The summed E-state index contributed by atoms with van der Waals surface area (Å²) in [7, 11) is 0. The lowest BCUT2D eigenvalue weighted by Gasteiger charge is -2.23. The fraction of sp³-hybridized carbons (Fsp3) is 0.455. The lowest BCUT2D eigenvalue weighted by atomic mass is 10.1. The molecule has 18 heavy (non-hydrogen) atoms. The molecule has 7 nitrogen and oxygen atoms in total. The van der Waals surface area contributed by atoms with E-state index < -0.39 is 9.85 Å². The number of hydrogen-bond donors (Lipinski definition) is 1. The van der Waals surface area contributed by atoms with Crippen LogP contribution in [0.3, 0.4) is 0 Å². The number of nitrogens with zero attached hydrogens (tertiary/aromatic N) is 2. The van der Waals surface area contributed by atoms with Gasteiger partial charge in [-0.25, -0.2) is 0 Å². The number of nitro benzene ring substituents is 2. The topological polar surface area (TPSA) is 98.3 Å². The highest BCUT2D eigenvalue weighted by molar-refractivity contribution is 5.70. The molecule has 7 heteroatoms. The second kappa shape index (κ2) is 4.59. The van der Waals surface area contributed by atoms with E-state index >= 15 is 0 Å². The van der Waals surface area contributed by atoms with E-state index in [0.717, 1.165) is 6.07 Å². The average Bonchev–Trinajstić information content (AvgIpc) is 2.18. The van der Waals surface area contributed by atoms with Crippen molar-refractivity contribution in [2.45, 2.75) is 33.2 Å². The molecule has 0 unspecified atom stereocenters. The van der Waals surface area contributed by atoms with Crippen molar-refractivity contribution in [3.05, 3.63) is 37.9 Å². The van der Waals surface area contributed by atoms with Gasteiger partial charge in [0.25, 0.3) is 11.4 Å². The van der Waals surface area contributed by atoms with Crippen LogP contribution < -0.4 is 5.32 Å². The Bertz CT molecular complexity index is 506. The minimum atomic E-state index is -0.638. The number of hydrogen-bond acceptors (Lipinski definition) is 5. The lowest BCUT2D eigenvalue weighted by Crippen LogP contribution is -2.27. The van der Waals surface area contributed by atoms with Crippen LogP contribution in [-0.2, 0) is 0 Å². The molecule has 0 heterocycles. The minimum Gasteiger partial charge on any atom is -0.375 e. The summed E-state index contributed by atoms with van der Waals surface area (Å²) in [6, 6.07) is 2.29. The molecule has 0 aliphatic heterocycles. The molecule has 0 atom stereocenters. The third kappa shape index (κ3) is 3.16. The Morgan fingerprint density at radius 1 is 1.11 bits per heavy atom. The Hall–Kier alpha value is -2.18. The molecule has 0 aromatic heterocycles. The zero-order chi connectivity index (χ0) is 14.1. The molecule has 0 fully saturated rings. The highest BCUT2D eigenvalue weighted by Gasteiger charge is 2.25. The summed E-state index contributed by atoms with van der Waals surface area (Å²) in [6.07, 6.45) is 0. The Balaban J connectivity index is 3.41. The van der Waals surface area contributed by atoms with Gasteiger partial charge in [-0.1, -0.05) is 0 Å². The molecule has 1 rings (SSSR count). The molecule has 1 aromatic rings. The highest BCUT2D eigenvalue weighted by atomic mass is 16.6. The van der Waals surface area contributed by atoms with Gasteiger partial charge in [0.05, 0.1) is 15.9 Å². The average molecular weight is 253 g/mol. The molecule has 0 spiro atoms. The molecular weight excluding hydrogens is 238 g/mol. The van der Waals surface area contributed by atoms with Crippen molar-refractivity contribution in [1.82, 2.24) is 0 Å². The predicted molar refractivity (Wildman–Crippen MR) is 67.9 cm³/mol. The molecule has 0 saturated carbocycles. The number of nitro groups is 2. The van der Waals surface area contributed by atoms with Crippen LogP contribution in [0.1, 0.15) is 26.3 Å². The van der Waals surface area contributed by atoms with Crippen LogP contribution in [-0.4, -0.2) is 15.4 Å². The third-order valence-electron chi connectivity index (χ3n) is 2.21. The van der Waals surface area contributed by atoms with Gasteiger partial charge in [0.15, 0.2) is 0 Å². The van der Waals surface area contributed by atoms with Crippen molar-refractivity contribution < 1.29 is 9.85 Å². The smallest absolute Gasteiger partial charge is 0.299 e. The summed E-state index contributed by atoms with van der Waals surface area (Å²) >= 11 is 0. The number of rotatable bonds is 3. The lowest BCUT2D eigenvalue weighted by molar-refractivity contribution is -0.393. The maximum Gasteiger partial charge on any atom is 0.299 e. The van der Waals surface area contributed by atoms with Crippen LogP contribution in [0.25, 0.3) is 0 Å². The fourth-order valence-electron chi connectivity index (χ4n) is 1.54. The van der Waals surface area contributed by atoms with Gasteiger partial charge in [0.2, 0.25) is 0 Å². The molecule has 98 valence electrons. The van der Waals surface area contributed by atoms with Gasteiger partial charge in [-0.3, -0.25) is 20.2 Å². The highest BCUT2D eigenvalue weighted by Crippen LogP contribution is 2.34. The maximum absolute atomic E-state index is 11.0. The molecule has 0 radical (unpaired) electrons. The van der Waals surface area contributed by atoms with Crippen LogP contribution in [0, 0.1) is 27.2 Å². The van der Waals surface area contributed by atoms with Crippen LogP contribution in [0.15, 0.2) is 12.1 Å². The Morgan fingerprint density at radius 2 is 1.67 bits per heavy atom. The summed E-state index contributed by atoms with van der Waals surface area (Å²) in [5.41, 5.74) is -0.134. The molecule has 0 aliphatic rings. The van der Waals surface area contributed by atoms with Gasteiger partial charge in [-0.15, -0.1) is 0 Å². The van der Waals surface area contributed by atoms with Crippen molar-refractivity contribution in [3.63, 3.8) is 0 Å². The van der Waals surface area contributed by atoms with Crippen molar-refractivity contribution in [2.24, 2.45) is 0 Å². The summed E-state index contributed by atoms with van der Waals surface area (Å²) < 4.78 is 0. The molecule has 0 saturated heterocycles. The predicted octanol–water partition coefficient (Wildman–Crippen LogP) is 3.02. The minimum absolute atomic E-state index is 0.279. The van der Waals surface area contributed by atoms with E-state index in [1.54, 1.807) is 6.92 Å². The van der Waals surface area contributed by atoms with Gasteiger partial charge >= 0.3 is 0 Å². The first kappa shape index (κ1) is 13.9. The van der Waals surface area contributed by atoms with Crippen molar-refractivity contribution in [1.29, 1.82) is 0 Å². The largest absolute Gasteiger partial charge is 0.375 e. The first-order chi connectivity index (χ1) is 8.11. The van der Waals surface area contributed by atoms with Crippen LogP contribution in [0.4, 0.5) is 17.1 Å². The van der Waals surface area contributed by atoms with E-state index in [2.05, 4.69) is 5.32 Å². The third-order valence-corrected chi connectivity index (χ3v) is 2.21. The van der Waals surface area contributed by atoms with Crippen LogP contribution in [0.2, 0.25) is 0 Å². The van der Waals surface area contributed by atoms with Gasteiger partial charge in [0, 0.05) is 11.6 Å². The first-order valence-corrected chi connectivity index (χ1v) is 5.33. The number of non-ortho nitro benzene ring substituents is 1. The Kier molecular flexibility index (Phi) is 3.54. The van der Waals surface area contributed by atoms with Crippen molar-refractivity contribution >= 4 is 17.1 Å². The van der Waals surface area contributed by atoms with Crippen LogP contribution >= 0.6 is 0 Å². The Labute approximate surface area is 104 Å². The van der Waals surface area contributed by atoms with E-state index in [1.807, 2.05) is 20.8 Å². The van der Waals surface area contributed by atoms with E-state index in [-0.39, 0.29) is 16.9 Å². The maximum atomic E-state index is 11.0. The van der Waals surface area contributed by atoms with E-state index in [9.17, 15) is 20.2 Å². The van der Waals surface area contributed by atoms with Gasteiger partial charge in [-0.05, 0) is 33.3 Å². The molecule has 0 bridgehead atoms. The standard InChI is InChI=1S/C11H15N3O4/c1-7-5-8(13(15)16)6-9(14(17)18)10(7)12-11(2,3)4/h5-6,12H,1-4H3. The fourth-order valence-corrected chi connectivity index (χ4v) is 1.54. The van der Waals surface area contributed by atoms with Crippen molar-refractivity contribution in [3.8, 4) is 0 Å². The summed E-state index contributed by atoms with van der Waals surface area (Å²) in [6.45, 7) is 7.18. The number of aryl methyl sites for hydroxylation is 1. The second-order valence-electron chi connectivity index (χ2n) is 5.05. The first-order valence-electron chi connectivity index (χ1n) is 5.33. The van der Waals surface area contributed by atoms with E-state index in [1.165, 1.54) is 6.07 Å². The quantitative estimate of drug-likeness (QED) is 0.659. The SMILES string of the molecule is Cc1cc([N+](=O)[O-])cc([N+](=O)[O-])c1NC(C)(C)C. The van der Waals surface area contributed by atoms with Crippen molar-refractivity contribution in [2.75, 3.05) is 5.32 Å². The van der Waals surface area contributed by atoms with E-state index in [0.29, 0.717) is 11.3 Å². The van der Waals surface area contributed by atoms with Gasteiger partial charge in [-0.2, -0.15) is 0 Å². The molecule has 0 amide bonds. The number of nitrogens with one attached hydrogen (secondary N) is 1. The number of benzene rings is 1. The normalized spacial score (nSPS) is 11.1. The Morgan fingerprint density at radius 3 is 2.06 bits per heavy atom. The van der Waals surface area contributed by atoms with Gasteiger partial charge in [0.1, 0.15) is 5.69 Å². The summed E-state index contributed by atoms with van der Waals surface area (Å²) in [5, 5.41) is 24.7. The second-order valence-corrected chi connectivity index (χ2v) is 5.05. The molecular formula is C11H15N3O4. The molecule has 1 aromatic carbocycles. The monoisotopic (exact) mass is 253 g/mol. The number of anilines is 1.